The molecule has 4 aromatic heterocycles. The molecule has 0 atom stereocenters. The lowest BCUT2D eigenvalue weighted by atomic mass is 10.1. The number of nitrogens with one attached hydrogen (secondary N) is 1. The zero-order valence-corrected chi connectivity index (χ0v) is 25.9. The summed E-state index contributed by atoms with van der Waals surface area (Å²) in [7, 11) is 0. The van der Waals surface area contributed by atoms with Crippen LogP contribution in [0.2, 0.25) is 0 Å². The predicted molar refractivity (Wildman–Crippen MR) is 193 cm³/mol. The van der Waals surface area contributed by atoms with E-state index in [1.807, 2.05) is 91.0 Å². The van der Waals surface area contributed by atoms with Crippen LogP contribution in [0.4, 0.5) is 0 Å². The number of H-pyrrole nitrogens is 1. The minimum Gasteiger partial charge on any atom is -0.416 e. The number of fused-ring (bicyclic) bond motifs is 6. The first-order valence-electron chi connectivity index (χ1n) is 16.0. The largest absolute Gasteiger partial charge is 0.416 e. The molecule has 0 amide bonds. The molecule has 0 radical (unpaired) electrons. The second-order valence-corrected chi connectivity index (χ2v) is 11.9. The van der Waals surface area contributed by atoms with Gasteiger partial charge >= 0.3 is 0 Å². The van der Waals surface area contributed by atoms with Crippen molar-refractivity contribution in [1.29, 1.82) is 0 Å². The lowest BCUT2D eigenvalue weighted by molar-refractivity contribution is 0.584. The SMILES string of the molecule is c1ccc(-c2nc(-c3ccccc3)nc(-n3c4ccccc4c4ccc(-c5nnc(-c6ccc7c(c6)[nH]c6ccccc67)o5)cc43)n2)cc1. The maximum atomic E-state index is 6.31. The molecular formula is C41H25N7O. The van der Waals surface area contributed by atoms with Crippen molar-refractivity contribution in [3.05, 3.63) is 146 Å². The number of para-hydroxylation sites is 2. The third kappa shape index (κ3) is 4.50. The molecule has 0 saturated carbocycles. The molecule has 0 aliphatic rings. The first kappa shape index (κ1) is 27.2. The number of nitrogens with zero attached hydrogens (tertiary/aromatic N) is 6. The van der Waals surface area contributed by atoms with Gasteiger partial charge in [-0.3, -0.25) is 4.57 Å². The molecule has 6 aromatic carbocycles. The van der Waals surface area contributed by atoms with Crippen LogP contribution < -0.4 is 0 Å². The number of hydrogen-bond acceptors (Lipinski definition) is 6. The van der Waals surface area contributed by atoms with Crippen molar-refractivity contribution in [2.24, 2.45) is 0 Å². The van der Waals surface area contributed by atoms with Gasteiger partial charge < -0.3 is 9.40 Å². The van der Waals surface area contributed by atoms with Crippen LogP contribution in [0.25, 0.3) is 95.2 Å². The van der Waals surface area contributed by atoms with E-state index in [0.29, 0.717) is 29.4 Å². The second-order valence-electron chi connectivity index (χ2n) is 11.9. The zero-order valence-electron chi connectivity index (χ0n) is 25.9. The Balaban J connectivity index is 1.13. The van der Waals surface area contributed by atoms with Crippen LogP contribution in [0.3, 0.4) is 0 Å². The molecule has 10 aromatic rings. The van der Waals surface area contributed by atoms with E-state index in [0.717, 1.165) is 60.5 Å². The third-order valence-corrected chi connectivity index (χ3v) is 8.99. The number of aromatic nitrogens is 7. The third-order valence-electron chi connectivity index (χ3n) is 8.99. The van der Waals surface area contributed by atoms with Crippen molar-refractivity contribution in [2.45, 2.75) is 0 Å². The van der Waals surface area contributed by atoms with E-state index in [4.69, 9.17) is 19.4 Å². The average molecular weight is 632 g/mol. The topological polar surface area (TPSA) is 98.3 Å². The number of rotatable bonds is 5. The van der Waals surface area contributed by atoms with Gasteiger partial charge in [0, 0.05) is 54.8 Å². The monoisotopic (exact) mass is 631 g/mol. The molecule has 4 heterocycles. The Morgan fingerprint density at radius 2 is 0.980 bits per heavy atom. The minimum atomic E-state index is 0.427. The highest BCUT2D eigenvalue weighted by molar-refractivity contribution is 6.10. The van der Waals surface area contributed by atoms with Crippen molar-refractivity contribution < 1.29 is 4.42 Å². The summed E-state index contributed by atoms with van der Waals surface area (Å²) in [6, 6.07) is 48.9. The first-order chi connectivity index (χ1) is 24.3. The molecule has 0 bridgehead atoms. The van der Waals surface area contributed by atoms with Crippen LogP contribution in [0.1, 0.15) is 0 Å². The average Bonchev–Trinajstić information content (AvgIpc) is 3.89. The van der Waals surface area contributed by atoms with Gasteiger partial charge in [0.05, 0.1) is 11.0 Å². The summed E-state index contributed by atoms with van der Waals surface area (Å²) in [5, 5.41) is 13.4. The summed E-state index contributed by atoms with van der Waals surface area (Å²) in [6.45, 7) is 0. The molecule has 0 spiro atoms. The van der Waals surface area contributed by atoms with E-state index in [1.165, 1.54) is 5.39 Å². The van der Waals surface area contributed by atoms with Crippen LogP contribution >= 0.6 is 0 Å². The van der Waals surface area contributed by atoms with Gasteiger partial charge in [-0.1, -0.05) is 109 Å². The van der Waals surface area contributed by atoms with Gasteiger partial charge in [0.1, 0.15) is 0 Å². The van der Waals surface area contributed by atoms with Crippen LogP contribution in [0.5, 0.6) is 0 Å². The van der Waals surface area contributed by atoms with Crippen LogP contribution in [0, 0.1) is 0 Å². The highest BCUT2D eigenvalue weighted by Gasteiger charge is 2.20. The standard InChI is InChI=1S/C41H25N7O/c1-3-11-25(12-4-1)37-43-38(26-13-5-2-6-14-26)45-41(44-37)48-35-18-10-8-16-31(35)32-22-20-28(24-36(32)48)40-47-46-39(49-40)27-19-21-30-29-15-7-9-17-33(29)42-34(30)23-27/h1-24,42H. The van der Waals surface area contributed by atoms with E-state index in [-0.39, 0.29) is 0 Å². The molecule has 0 fully saturated rings. The lowest BCUT2D eigenvalue weighted by Crippen LogP contribution is -2.06. The van der Waals surface area contributed by atoms with E-state index in [9.17, 15) is 0 Å². The lowest BCUT2D eigenvalue weighted by Gasteiger charge is -2.11. The molecule has 8 heteroatoms. The van der Waals surface area contributed by atoms with Gasteiger partial charge in [-0.05, 0) is 36.4 Å². The predicted octanol–water partition coefficient (Wildman–Crippen LogP) is 9.65. The first-order valence-corrected chi connectivity index (χ1v) is 16.0. The molecular weight excluding hydrogens is 606 g/mol. The van der Waals surface area contributed by atoms with E-state index in [1.54, 1.807) is 0 Å². The fourth-order valence-corrected chi connectivity index (χ4v) is 6.66. The van der Waals surface area contributed by atoms with Crippen LogP contribution in [-0.4, -0.2) is 34.7 Å². The van der Waals surface area contributed by atoms with Crippen LogP contribution in [0.15, 0.2) is 150 Å². The maximum absolute atomic E-state index is 6.31. The molecule has 0 aliphatic carbocycles. The Kier molecular flexibility index (Phi) is 6.01. The van der Waals surface area contributed by atoms with Gasteiger partial charge in [-0.25, -0.2) is 4.98 Å². The molecule has 1 N–H and O–H groups in total. The molecule has 10 rings (SSSR count). The number of hydrogen-bond donors (Lipinski definition) is 1. The van der Waals surface area contributed by atoms with E-state index in [2.05, 4.69) is 74.3 Å². The van der Waals surface area contributed by atoms with Gasteiger partial charge in [0.25, 0.3) is 0 Å². The summed E-state index contributed by atoms with van der Waals surface area (Å²) >= 11 is 0. The Hall–Kier alpha value is -6.93. The fourth-order valence-electron chi connectivity index (χ4n) is 6.66. The maximum Gasteiger partial charge on any atom is 0.248 e. The Bertz CT molecular complexity index is 2780. The second kappa shape index (κ2) is 10.8. The minimum absolute atomic E-state index is 0.427. The summed E-state index contributed by atoms with van der Waals surface area (Å²) in [6.07, 6.45) is 0. The highest BCUT2D eigenvalue weighted by Crippen LogP contribution is 2.36. The van der Waals surface area contributed by atoms with Gasteiger partial charge in [-0.15, -0.1) is 10.2 Å². The Morgan fingerprint density at radius 1 is 0.429 bits per heavy atom. The molecule has 0 unspecified atom stereocenters. The summed E-state index contributed by atoms with van der Waals surface area (Å²) in [4.78, 5) is 18.5. The van der Waals surface area contributed by atoms with Crippen molar-refractivity contribution in [2.75, 3.05) is 0 Å². The number of benzene rings is 6. The quantitative estimate of drug-likeness (QED) is 0.203. The Labute approximate surface area is 279 Å². The zero-order chi connectivity index (χ0) is 32.3. The number of aromatic amines is 1. The highest BCUT2D eigenvalue weighted by atomic mass is 16.4. The van der Waals surface area contributed by atoms with E-state index >= 15 is 0 Å². The van der Waals surface area contributed by atoms with Crippen molar-refractivity contribution in [1.82, 2.24) is 34.7 Å². The summed E-state index contributed by atoms with van der Waals surface area (Å²) in [5.41, 5.74) is 7.48. The molecule has 230 valence electrons. The van der Waals surface area contributed by atoms with Crippen LogP contribution in [-0.2, 0) is 0 Å². The van der Waals surface area contributed by atoms with Gasteiger partial charge in [0.15, 0.2) is 11.6 Å². The van der Waals surface area contributed by atoms with Gasteiger partial charge in [0.2, 0.25) is 17.7 Å². The molecule has 8 nitrogen and oxygen atoms in total. The van der Waals surface area contributed by atoms with Crippen molar-refractivity contribution >= 4 is 43.6 Å². The summed E-state index contributed by atoms with van der Waals surface area (Å²) < 4.78 is 8.41. The molecule has 49 heavy (non-hydrogen) atoms. The summed E-state index contributed by atoms with van der Waals surface area (Å²) in [5.74, 6) is 2.60. The normalized spacial score (nSPS) is 11.7. The fraction of sp³-hybridized carbons (Fsp3) is 0. The van der Waals surface area contributed by atoms with Crippen molar-refractivity contribution in [3.8, 4) is 51.6 Å². The van der Waals surface area contributed by atoms with Gasteiger partial charge in [-0.2, -0.15) is 9.97 Å². The van der Waals surface area contributed by atoms with Crippen molar-refractivity contribution in [3.63, 3.8) is 0 Å². The smallest absolute Gasteiger partial charge is 0.248 e. The molecule has 0 saturated heterocycles. The Morgan fingerprint density at radius 3 is 1.69 bits per heavy atom. The molecule has 0 aliphatic heterocycles. The van der Waals surface area contributed by atoms with E-state index < -0.39 is 0 Å².